The largest absolute Gasteiger partial charge is 0.360 e. The first-order valence-corrected chi connectivity index (χ1v) is 10.6. The molecule has 160 valence electrons. The normalized spacial score (nSPS) is 11.3. The molecule has 0 atom stereocenters. The fourth-order valence-electron chi connectivity index (χ4n) is 3.08. The van der Waals surface area contributed by atoms with Gasteiger partial charge >= 0.3 is 0 Å². The predicted octanol–water partition coefficient (Wildman–Crippen LogP) is 4.48. The summed E-state index contributed by atoms with van der Waals surface area (Å²) >= 11 is 1.60. The lowest BCUT2D eigenvalue weighted by Gasteiger charge is -2.17. The van der Waals surface area contributed by atoms with E-state index < -0.39 is 11.6 Å². The average molecular weight is 434 g/mol. The summed E-state index contributed by atoms with van der Waals surface area (Å²) in [6.45, 7) is 10.5. The van der Waals surface area contributed by atoms with Crippen LogP contribution in [0.3, 0.4) is 0 Å². The van der Waals surface area contributed by atoms with Gasteiger partial charge in [0.05, 0.1) is 18.5 Å². The first kappa shape index (κ1) is 22.0. The number of benzene rings is 1. The molecule has 0 spiro atoms. The SMILES string of the molecule is CCN(CC)Cc1nc(NCC(=O)Nc2ccc(F)c(F)c2)c2c(C)c(C)sc2n1. The number of hydrogen-bond acceptors (Lipinski definition) is 6. The molecular formula is C21H25F2N5OS. The lowest BCUT2D eigenvalue weighted by Crippen LogP contribution is -2.25. The highest BCUT2D eigenvalue weighted by molar-refractivity contribution is 7.18. The summed E-state index contributed by atoms with van der Waals surface area (Å²) in [7, 11) is 0. The maximum atomic E-state index is 13.3. The number of aryl methyl sites for hydroxylation is 2. The number of halogens is 2. The first-order valence-electron chi connectivity index (χ1n) is 9.80. The smallest absolute Gasteiger partial charge is 0.243 e. The van der Waals surface area contributed by atoms with Crippen molar-refractivity contribution < 1.29 is 13.6 Å². The van der Waals surface area contributed by atoms with Crippen molar-refractivity contribution >= 4 is 39.0 Å². The van der Waals surface area contributed by atoms with E-state index in [9.17, 15) is 13.6 Å². The predicted molar refractivity (Wildman–Crippen MR) is 117 cm³/mol. The quantitative estimate of drug-likeness (QED) is 0.548. The van der Waals surface area contributed by atoms with E-state index in [2.05, 4.69) is 34.4 Å². The van der Waals surface area contributed by atoms with Gasteiger partial charge in [0, 0.05) is 16.6 Å². The lowest BCUT2D eigenvalue weighted by atomic mass is 10.2. The molecule has 0 aliphatic heterocycles. The van der Waals surface area contributed by atoms with Crippen LogP contribution >= 0.6 is 11.3 Å². The van der Waals surface area contributed by atoms with Crippen LogP contribution in [0.25, 0.3) is 10.2 Å². The van der Waals surface area contributed by atoms with Crippen molar-refractivity contribution in [3.8, 4) is 0 Å². The number of carbonyl (C=O) groups excluding carboxylic acids is 1. The van der Waals surface area contributed by atoms with E-state index in [1.165, 1.54) is 6.07 Å². The summed E-state index contributed by atoms with van der Waals surface area (Å²) in [4.78, 5) is 26.0. The van der Waals surface area contributed by atoms with Gasteiger partial charge in [-0.05, 0) is 44.6 Å². The molecule has 0 unspecified atom stereocenters. The standard InChI is InChI=1S/C21H25F2N5OS/c1-5-28(6-2)11-17-26-20(19-12(3)13(4)30-21(19)27-17)24-10-18(29)25-14-7-8-15(22)16(23)9-14/h7-9H,5-6,10-11H2,1-4H3,(H,25,29)(H,24,26,27). The number of rotatable bonds is 8. The molecule has 0 bridgehead atoms. The molecule has 6 nitrogen and oxygen atoms in total. The van der Waals surface area contributed by atoms with Gasteiger partial charge < -0.3 is 10.6 Å². The Labute approximate surface area is 178 Å². The van der Waals surface area contributed by atoms with Crippen LogP contribution in [0.5, 0.6) is 0 Å². The van der Waals surface area contributed by atoms with Gasteiger partial charge in [0.1, 0.15) is 16.5 Å². The zero-order valence-electron chi connectivity index (χ0n) is 17.5. The molecule has 2 heterocycles. The molecule has 3 rings (SSSR count). The first-order chi connectivity index (χ1) is 14.3. The molecule has 0 fully saturated rings. The van der Waals surface area contributed by atoms with Crippen molar-refractivity contribution in [1.29, 1.82) is 0 Å². The van der Waals surface area contributed by atoms with Crippen molar-refractivity contribution in [2.45, 2.75) is 34.2 Å². The van der Waals surface area contributed by atoms with Crippen LogP contribution in [0.4, 0.5) is 20.3 Å². The number of amides is 1. The minimum Gasteiger partial charge on any atom is -0.360 e. The number of carbonyl (C=O) groups is 1. The van der Waals surface area contributed by atoms with Crippen LogP contribution in [0, 0.1) is 25.5 Å². The van der Waals surface area contributed by atoms with Crippen LogP contribution in [0.15, 0.2) is 18.2 Å². The Morgan fingerprint density at radius 3 is 2.53 bits per heavy atom. The molecule has 30 heavy (non-hydrogen) atoms. The average Bonchev–Trinajstić information content (AvgIpc) is 3.00. The molecular weight excluding hydrogens is 408 g/mol. The molecule has 2 N–H and O–H groups in total. The highest BCUT2D eigenvalue weighted by Gasteiger charge is 2.16. The highest BCUT2D eigenvalue weighted by Crippen LogP contribution is 2.33. The number of fused-ring (bicyclic) bond motifs is 1. The third kappa shape index (κ3) is 4.91. The van der Waals surface area contributed by atoms with Crippen LogP contribution in [-0.2, 0) is 11.3 Å². The second-order valence-corrected chi connectivity index (χ2v) is 8.15. The van der Waals surface area contributed by atoms with Gasteiger partial charge in [-0.1, -0.05) is 13.8 Å². The van der Waals surface area contributed by atoms with Crippen molar-refractivity contribution in [2.24, 2.45) is 0 Å². The van der Waals surface area contributed by atoms with Crippen LogP contribution in [0.2, 0.25) is 0 Å². The zero-order chi connectivity index (χ0) is 21.8. The Morgan fingerprint density at radius 2 is 1.87 bits per heavy atom. The topological polar surface area (TPSA) is 70.2 Å². The maximum absolute atomic E-state index is 13.3. The molecule has 1 aromatic carbocycles. The van der Waals surface area contributed by atoms with Crippen molar-refractivity contribution in [3.63, 3.8) is 0 Å². The minimum atomic E-state index is -1.01. The summed E-state index contributed by atoms with van der Waals surface area (Å²) in [6, 6.07) is 3.24. The molecule has 0 radical (unpaired) electrons. The number of nitrogens with one attached hydrogen (secondary N) is 2. The molecule has 0 saturated carbocycles. The summed E-state index contributed by atoms with van der Waals surface area (Å²) in [5.74, 6) is -1.06. The van der Waals surface area contributed by atoms with Crippen molar-refractivity contribution in [1.82, 2.24) is 14.9 Å². The van der Waals surface area contributed by atoms with Crippen LogP contribution < -0.4 is 10.6 Å². The van der Waals surface area contributed by atoms with Crippen LogP contribution in [-0.4, -0.2) is 40.4 Å². The molecule has 0 aliphatic rings. The van der Waals surface area contributed by atoms with E-state index in [-0.39, 0.29) is 18.1 Å². The second-order valence-electron chi connectivity index (χ2n) is 6.94. The van der Waals surface area contributed by atoms with Gasteiger partial charge in [-0.3, -0.25) is 9.69 Å². The summed E-state index contributed by atoms with van der Waals surface area (Å²) in [5, 5.41) is 6.55. The van der Waals surface area contributed by atoms with Gasteiger partial charge in [0.15, 0.2) is 11.6 Å². The maximum Gasteiger partial charge on any atom is 0.243 e. The molecule has 3 aromatic rings. The Bertz CT molecular complexity index is 1070. The van der Waals surface area contributed by atoms with E-state index in [1.807, 2.05) is 13.8 Å². The molecule has 9 heteroatoms. The second kappa shape index (κ2) is 9.44. The minimum absolute atomic E-state index is 0.0653. The van der Waals surface area contributed by atoms with Gasteiger partial charge in [0.2, 0.25) is 5.91 Å². The van der Waals surface area contributed by atoms with Crippen molar-refractivity contribution in [2.75, 3.05) is 30.3 Å². The van der Waals surface area contributed by atoms with E-state index in [4.69, 9.17) is 4.98 Å². The van der Waals surface area contributed by atoms with E-state index in [0.29, 0.717) is 18.2 Å². The number of nitrogens with zero attached hydrogens (tertiary/aromatic N) is 3. The Hall–Kier alpha value is -2.65. The zero-order valence-corrected chi connectivity index (χ0v) is 18.3. The molecule has 0 saturated heterocycles. The van der Waals surface area contributed by atoms with E-state index >= 15 is 0 Å². The van der Waals surface area contributed by atoms with E-state index in [0.717, 1.165) is 45.9 Å². The highest BCUT2D eigenvalue weighted by atomic mass is 32.1. The molecule has 1 amide bonds. The Kier molecular flexibility index (Phi) is 6.94. The molecule has 2 aromatic heterocycles. The lowest BCUT2D eigenvalue weighted by molar-refractivity contribution is -0.114. The Balaban J connectivity index is 1.80. The number of anilines is 2. The van der Waals surface area contributed by atoms with Crippen molar-refractivity contribution in [3.05, 3.63) is 46.1 Å². The van der Waals surface area contributed by atoms with Gasteiger partial charge in [-0.15, -0.1) is 11.3 Å². The molecule has 0 aliphatic carbocycles. The van der Waals surface area contributed by atoms with Gasteiger partial charge in [-0.25, -0.2) is 18.7 Å². The third-order valence-electron chi connectivity index (χ3n) is 4.95. The van der Waals surface area contributed by atoms with E-state index in [1.54, 1.807) is 11.3 Å². The van der Waals surface area contributed by atoms with Gasteiger partial charge in [-0.2, -0.15) is 0 Å². The third-order valence-corrected chi connectivity index (χ3v) is 6.06. The number of hydrogen-bond donors (Lipinski definition) is 2. The Morgan fingerprint density at radius 1 is 1.13 bits per heavy atom. The van der Waals surface area contributed by atoms with Gasteiger partial charge in [0.25, 0.3) is 0 Å². The fraction of sp³-hybridized carbons (Fsp3) is 0.381. The van der Waals surface area contributed by atoms with Crippen LogP contribution in [0.1, 0.15) is 30.1 Å². The number of thiophene rings is 1. The number of aromatic nitrogens is 2. The fourth-order valence-corrected chi connectivity index (χ4v) is 4.13. The summed E-state index contributed by atoms with van der Waals surface area (Å²) in [6.07, 6.45) is 0. The summed E-state index contributed by atoms with van der Waals surface area (Å²) in [5.41, 5.74) is 1.27. The summed E-state index contributed by atoms with van der Waals surface area (Å²) < 4.78 is 26.4. The monoisotopic (exact) mass is 433 g/mol.